The van der Waals surface area contributed by atoms with E-state index in [2.05, 4.69) is 0 Å². The normalized spacial score (nSPS) is 22.8. The molecule has 1 aromatic carbocycles. The third-order valence-corrected chi connectivity index (χ3v) is 3.03. The van der Waals surface area contributed by atoms with Crippen LogP contribution in [0.3, 0.4) is 0 Å². The van der Waals surface area contributed by atoms with Crippen molar-refractivity contribution in [3.05, 3.63) is 23.8 Å². The number of rotatable bonds is 3. The summed E-state index contributed by atoms with van der Waals surface area (Å²) in [5.41, 5.74) is -0.773. The summed E-state index contributed by atoms with van der Waals surface area (Å²) in [4.78, 5) is 23.1. The van der Waals surface area contributed by atoms with Crippen molar-refractivity contribution in [1.82, 2.24) is 0 Å². The molecule has 1 aliphatic heterocycles. The van der Waals surface area contributed by atoms with Crippen molar-refractivity contribution in [3.63, 3.8) is 0 Å². The lowest BCUT2D eigenvalue weighted by molar-refractivity contribution is -0.146. The Balaban J connectivity index is 2.17. The Morgan fingerprint density at radius 1 is 1.44 bits per heavy atom. The zero-order chi connectivity index (χ0) is 13.3. The first-order chi connectivity index (χ1) is 8.39. The second-order valence-electron chi connectivity index (χ2n) is 4.73. The lowest BCUT2D eigenvalue weighted by Crippen LogP contribution is -2.27. The zero-order valence-electron chi connectivity index (χ0n) is 9.97. The lowest BCUT2D eigenvalue weighted by atomic mass is 9.92. The molecule has 2 rings (SSSR count). The fourth-order valence-electron chi connectivity index (χ4n) is 2.05. The predicted molar refractivity (Wildman–Crippen MR) is 62.5 cm³/mol. The van der Waals surface area contributed by atoms with Crippen LogP contribution in [0.2, 0.25) is 0 Å². The highest BCUT2D eigenvalue weighted by Gasteiger charge is 2.38. The van der Waals surface area contributed by atoms with Gasteiger partial charge in [0.1, 0.15) is 17.1 Å². The summed E-state index contributed by atoms with van der Waals surface area (Å²) in [6.45, 7) is 1.69. The first kappa shape index (κ1) is 12.4. The van der Waals surface area contributed by atoms with E-state index in [4.69, 9.17) is 4.74 Å². The van der Waals surface area contributed by atoms with Crippen LogP contribution in [0.25, 0.3) is 0 Å². The van der Waals surface area contributed by atoms with E-state index in [0.717, 1.165) is 0 Å². The number of phenols is 2. The number of Topliss-reactive ketones (excluding diaryl/α,β-unsaturated/α-hetero) is 1. The van der Waals surface area contributed by atoms with Gasteiger partial charge in [0, 0.05) is 6.42 Å². The quantitative estimate of drug-likeness (QED) is 0.485. The number of esters is 1. The SMILES string of the molecule is CC1(CC(=O)c2cc(O)ccc2O)CCC(=O)O1. The van der Waals surface area contributed by atoms with Crippen molar-refractivity contribution in [3.8, 4) is 11.5 Å². The molecule has 1 aliphatic rings. The highest BCUT2D eigenvalue weighted by atomic mass is 16.6. The van der Waals surface area contributed by atoms with Gasteiger partial charge in [0.15, 0.2) is 5.78 Å². The molecular weight excluding hydrogens is 236 g/mol. The van der Waals surface area contributed by atoms with E-state index in [1.54, 1.807) is 6.92 Å². The molecule has 1 atom stereocenters. The maximum Gasteiger partial charge on any atom is 0.306 e. The molecule has 0 spiro atoms. The Kier molecular flexibility index (Phi) is 2.98. The average molecular weight is 250 g/mol. The molecule has 1 saturated heterocycles. The van der Waals surface area contributed by atoms with E-state index in [1.807, 2.05) is 0 Å². The topological polar surface area (TPSA) is 83.8 Å². The molecule has 1 unspecified atom stereocenters. The van der Waals surface area contributed by atoms with Gasteiger partial charge in [-0.05, 0) is 31.5 Å². The minimum Gasteiger partial charge on any atom is -0.508 e. The summed E-state index contributed by atoms with van der Waals surface area (Å²) in [7, 11) is 0. The van der Waals surface area contributed by atoms with Crippen molar-refractivity contribution >= 4 is 11.8 Å². The van der Waals surface area contributed by atoms with Gasteiger partial charge in [-0.3, -0.25) is 9.59 Å². The molecule has 1 aromatic rings. The molecule has 5 nitrogen and oxygen atoms in total. The number of aromatic hydroxyl groups is 2. The van der Waals surface area contributed by atoms with E-state index < -0.39 is 5.60 Å². The second kappa shape index (κ2) is 4.33. The molecule has 0 radical (unpaired) electrons. The Labute approximate surface area is 104 Å². The molecule has 0 amide bonds. The van der Waals surface area contributed by atoms with Crippen LogP contribution in [-0.2, 0) is 9.53 Å². The van der Waals surface area contributed by atoms with Gasteiger partial charge < -0.3 is 14.9 Å². The summed E-state index contributed by atoms with van der Waals surface area (Å²) in [5.74, 6) is -0.957. The van der Waals surface area contributed by atoms with E-state index in [1.165, 1.54) is 18.2 Å². The molecule has 0 aromatic heterocycles. The number of hydrogen-bond acceptors (Lipinski definition) is 5. The maximum absolute atomic E-state index is 12.0. The van der Waals surface area contributed by atoms with Crippen LogP contribution in [0.5, 0.6) is 11.5 Å². The van der Waals surface area contributed by atoms with Crippen LogP contribution in [0.1, 0.15) is 36.5 Å². The van der Waals surface area contributed by atoms with Gasteiger partial charge in [0.2, 0.25) is 0 Å². The van der Waals surface area contributed by atoms with Gasteiger partial charge >= 0.3 is 5.97 Å². The molecule has 5 heteroatoms. The van der Waals surface area contributed by atoms with Gasteiger partial charge in [-0.15, -0.1) is 0 Å². The van der Waals surface area contributed by atoms with Crippen molar-refractivity contribution in [2.75, 3.05) is 0 Å². The highest BCUT2D eigenvalue weighted by Crippen LogP contribution is 2.32. The third-order valence-electron chi connectivity index (χ3n) is 3.03. The number of hydrogen-bond donors (Lipinski definition) is 2. The summed E-state index contributed by atoms with van der Waals surface area (Å²) in [5, 5.41) is 18.9. The second-order valence-corrected chi connectivity index (χ2v) is 4.73. The number of cyclic esters (lactones) is 1. The minimum atomic E-state index is -0.813. The van der Waals surface area contributed by atoms with Gasteiger partial charge in [0.25, 0.3) is 0 Å². The monoisotopic (exact) mass is 250 g/mol. The van der Waals surface area contributed by atoms with Gasteiger partial charge in [-0.1, -0.05) is 0 Å². The van der Waals surface area contributed by atoms with Crippen LogP contribution in [0.4, 0.5) is 0 Å². The summed E-state index contributed by atoms with van der Waals surface area (Å²) in [6, 6.07) is 3.76. The molecule has 0 aliphatic carbocycles. The fraction of sp³-hybridized carbons (Fsp3) is 0.385. The zero-order valence-corrected chi connectivity index (χ0v) is 9.97. The number of ether oxygens (including phenoxy) is 1. The molecule has 1 heterocycles. The Morgan fingerprint density at radius 3 is 2.78 bits per heavy atom. The van der Waals surface area contributed by atoms with Crippen molar-refractivity contribution in [2.24, 2.45) is 0 Å². The molecule has 0 saturated carbocycles. The number of phenolic OH excluding ortho intramolecular Hbond substituents is 2. The Bertz CT molecular complexity index is 508. The van der Waals surface area contributed by atoms with Gasteiger partial charge in [0.05, 0.1) is 12.0 Å². The van der Waals surface area contributed by atoms with E-state index in [9.17, 15) is 19.8 Å². The largest absolute Gasteiger partial charge is 0.508 e. The highest BCUT2D eigenvalue weighted by molar-refractivity contribution is 5.99. The van der Waals surface area contributed by atoms with Crippen LogP contribution < -0.4 is 0 Å². The average Bonchev–Trinajstić information content (AvgIpc) is 2.61. The molecular formula is C13H14O5. The van der Waals surface area contributed by atoms with E-state index in [0.29, 0.717) is 12.8 Å². The fourth-order valence-corrected chi connectivity index (χ4v) is 2.05. The van der Waals surface area contributed by atoms with Gasteiger partial charge in [-0.2, -0.15) is 0 Å². The standard InChI is InChI=1S/C13H14O5/c1-13(5-4-12(17)18-13)7-11(16)9-6-8(14)2-3-10(9)15/h2-3,6,14-15H,4-5,7H2,1H3. The van der Waals surface area contributed by atoms with Crippen molar-refractivity contribution in [2.45, 2.75) is 31.8 Å². The Hall–Kier alpha value is -2.04. The molecule has 2 N–H and O–H groups in total. The first-order valence-electron chi connectivity index (χ1n) is 5.67. The number of carbonyl (C=O) groups excluding carboxylic acids is 2. The van der Waals surface area contributed by atoms with Gasteiger partial charge in [-0.25, -0.2) is 0 Å². The minimum absolute atomic E-state index is 0.00421. The van der Waals surface area contributed by atoms with Crippen LogP contribution in [-0.4, -0.2) is 27.6 Å². The molecule has 96 valence electrons. The molecule has 0 bridgehead atoms. The molecule has 18 heavy (non-hydrogen) atoms. The van der Waals surface area contributed by atoms with E-state index in [-0.39, 0.29) is 35.2 Å². The Morgan fingerprint density at radius 2 is 2.17 bits per heavy atom. The summed E-state index contributed by atoms with van der Waals surface area (Å²) >= 11 is 0. The maximum atomic E-state index is 12.0. The summed E-state index contributed by atoms with van der Waals surface area (Å²) in [6.07, 6.45) is 0.780. The number of carbonyl (C=O) groups is 2. The predicted octanol–water partition coefficient (Wildman–Crippen LogP) is 1.77. The number of ketones is 1. The van der Waals surface area contributed by atoms with Crippen LogP contribution in [0.15, 0.2) is 18.2 Å². The van der Waals surface area contributed by atoms with Crippen LogP contribution in [0, 0.1) is 0 Å². The first-order valence-corrected chi connectivity index (χ1v) is 5.67. The third kappa shape index (κ3) is 2.45. The molecule has 1 fully saturated rings. The number of benzene rings is 1. The smallest absolute Gasteiger partial charge is 0.306 e. The van der Waals surface area contributed by atoms with Crippen LogP contribution >= 0.6 is 0 Å². The lowest BCUT2D eigenvalue weighted by Gasteiger charge is -2.21. The van der Waals surface area contributed by atoms with E-state index >= 15 is 0 Å². The van der Waals surface area contributed by atoms with Crippen molar-refractivity contribution < 1.29 is 24.5 Å². The summed E-state index contributed by atoms with van der Waals surface area (Å²) < 4.78 is 5.11. The van der Waals surface area contributed by atoms with Crippen molar-refractivity contribution in [1.29, 1.82) is 0 Å².